The van der Waals surface area contributed by atoms with Crippen LogP contribution in [0.15, 0.2) is 24.3 Å². The highest BCUT2D eigenvalue weighted by molar-refractivity contribution is 5.81. The minimum atomic E-state index is -1.55. The van der Waals surface area contributed by atoms with E-state index in [4.69, 9.17) is 0 Å². The van der Waals surface area contributed by atoms with E-state index >= 15 is 0 Å². The van der Waals surface area contributed by atoms with Crippen molar-refractivity contribution in [1.29, 1.82) is 0 Å². The molecule has 0 aromatic heterocycles. The Kier molecular flexibility index (Phi) is 2.70. The standard InChI is InChI=1S/C12H8F2O4/c13-7-4-9(17)10(12(18)11(7)14)6-3-5(15)1-2-8(6)16/h1-4,15-18H. The molecule has 0 atom stereocenters. The third-order valence-electron chi connectivity index (χ3n) is 2.42. The van der Waals surface area contributed by atoms with Gasteiger partial charge in [-0.1, -0.05) is 0 Å². The van der Waals surface area contributed by atoms with Gasteiger partial charge in [0.05, 0.1) is 5.56 Å². The van der Waals surface area contributed by atoms with Crippen LogP contribution >= 0.6 is 0 Å². The molecule has 0 aliphatic carbocycles. The zero-order valence-electron chi connectivity index (χ0n) is 8.85. The van der Waals surface area contributed by atoms with E-state index in [1.54, 1.807) is 0 Å². The third kappa shape index (κ3) is 1.77. The predicted molar refractivity (Wildman–Crippen MR) is 58.5 cm³/mol. The monoisotopic (exact) mass is 254 g/mol. The van der Waals surface area contributed by atoms with Crippen molar-refractivity contribution in [2.45, 2.75) is 0 Å². The van der Waals surface area contributed by atoms with Crippen LogP contribution < -0.4 is 0 Å². The molecule has 0 fully saturated rings. The Hall–Kier alpha value is -2.50. The van der Waals surface area contributed by atoms with Gasteiger partial charge in [-0.25, -0.2) is 4.39 Å². The number of phenols is 4. The summed E-state index contributed by atoms with van der Waals surface area (Å²) in [7, 11) is 0. The molecule has 0 aliphatic heterocycles. The highest BCUT2D eigenvalue weighted by Gasteiger charge is 2.21. The van der Waals surface area contributed by atoms with E-state index in [-0.39, 0.29) is 11.3 Å². The zero-order valence-corrected chi connectivity index (χ0v) is 8.85. The largest absolute Gasteiger partial charge is 0.508 e. The summed E-state index contributed by atoms with van der Waals surface area (Å²) in [5.74, 6) is -5.56. The fraction of sp³-hybridized carbons (Fsp3) is 0. The smallest absolute Gasteiger partial charge is 0.201 e. The second-order valence-electron chi connectivity index (χ2n) is 3.62. The molecular formula is C12H8F2O4. The lowest BCUT2D eigenvalue weighted by atomic mass is 10.0. The fourth-order valence-electron chi connectivity index (χ4n) is 1.59. The number of phenolic OH excluding ortho intramolecular Hbond substituents is 4. The number of aromatic hydroxyl groups is 4. The first-order valence-electron chi connectivity index (χ1n) is 4.84. The van der Waals surface area contributed by atoms with E-state index in [0.29, 0.717) is 6.07 Å². The molecule has 0 saturated carbocycles. The number of hydrogen-bond donors (Lipinski definition) is 4. The van der Waals surface area contributed by atoms with Gasteiger partial charge in [0.2, 0.25) is 5.82 Å². The Bertz CT molecular complexity index is 626. The van der Waals surface area contributed by atoms with Gasteiger partial charge in [-0.05, 0) is 18.2 Å². The first kappa shape index (κ1) is 12.0. The van der Waals surface area contributed by atoms with E-state index in [1.807, 2.05) is 0 Å². The summed E-state index contributed by atoms with van der Waals surface area (Å²) in [6, 6.07) is 3.72. The van der Waals surface area contributed by atoms with Gasteiger partial charge in [0, 0.05) is 11.6 Å². The molecule has 0 aliphatic rings. The zero-order chi connectivity index (χ0) is 13.4. The van der Waals surface area contributed by atoms with Crippen LogP contribution in [0.5, 0.6) is 23.0 Å². The van der Waals surface area contributed by atoms with Crippen LogP contribution in [-0.4, -0.2) is 20.4 Å². The second-order valence-corrected chi connectivity index (χ2v) is 3.62. The van der Waals surface area contributed by atoms with Gasteiger partial charge in [0.15, 0.2) is 11.6 Å². The molecule has 2 aromatic rings. The van der Waals surface area contributed by atoms with E-state index in [2.05, 4.69) is 0 Å². The molecule has 0 amide bonds. The van der Waals surface area contributed by atoms with Crippen molar-refractivity contribution in [2.24, 2.45) is 0 Å². The average molecular weight is 254 g/mol. The lowest BCUT2D eigenvalue weighted by Crippen LogP contribution is -1.90. The molecule has 0 bridgehead atoms. The maximum absolute atomic E-state index is 13.2. The van der Waals surface area contributed by atoms with Crippen molar-refractivity contribution in [1.82, 2.24) is 0 Å². The minimum Gasteiger partial charge on any atom is -0.508 e. The molecule has 18 heavy (non-hydrogen) atoms. The van der Waals surface area contributed by atoms with Crippen LogP contribution in [0.3, 0.4) is 0 Å². The van der Waals surface area contributed by atoms with Gasteiger partial charge in [0.1, 0.15) is 17.2 Å². The molecule has 0 spiro atoms. The van der Waals surface area contributed by atoms with E-state index in [1.165, 1.54) is 0 Å². The Balaban J connectivity index is 2.79. The third-order valence-corrected chi connectivity index (χ3v) is 2.42. The van der Waals surface area contributed by atoms with Gasteiger partial charge in [-0.2, -0.15) is 4.39 Å². The molecular weight excluding hydrogens is 246 g/mol. The summed E-state index contributed by atoms with van der Waals surface area (Å²) < 4.78 is 26.1. The maximum atomic E-state index is 13.2. The lowest BCUT2D eigenvalue weighted by molar-refractivity contribution is 0.395. The summed E-state index contributed by atoms with van der Waals surface area (Å²) in [5.41, 5.74) is -0.716. The van der Waals surface area contributed by atoms with Crippen LogP contribution in [0.4, 0.5) is 8.78 Å². The Morgan fingerprint density at radius 2 is 1.50 bits per heavy atom. The van der Waals surface area contributed by atoms with Gasteiger partial charge in [-0.3, -0.25) is 0 Å². The molecule has 4 nitrogen and oxygen atoms in total. The van der Waals surface area contributed by atoms with Crippen LogP contribution in [0, 0.1) is 11.6 Å². The number of halogens is 2. The molecule has 2 aromatic carbocycles. The summed E-state index contributed by atoms with van der Waals surface area (Å²) in [6.07, 6.45) is 0. The highest BCUT2D eigenvalue weighted by Crippen LogP contribution is 2.44. The predicted octanol–water partition coefficient (Wildman–Crippen LogP) is 2.45. The van der Waals surface area contributed by atoms with Crippen LogP contribution in [-0.2, 0) is 0 Å². The minimum absolute atomic E-state index is 0.219. The molecule has 0 saturated heterocycles. The molecule has 0 radical (unpaired) electrons. The number of hydrogen-bond acceptors (Lipinski definition) is 4. The summed E-state index contributed by atoms with van der Waals surface area (Å²) >= 11 is 0. The maximum Gasteiger partial charge on any atom is 0.201 e. The van der Waals surface area contributed by atoms with Crippen molar-refractivity contribution in [3.05, 3.63) is 35.9 Å². The van der Waals surface area contributed by atoms with E-state index in [9.17, 15) is 29.2 Å². The number of rotatable bonds is 1. The van der Waals surface area contributed by atoms with Crippen LogP contribution in [0.1, 0.15) is 0 Å². The highest BCUT2D eigenvalue weighted by atomic mass is 19.2. The van der Waals surface area contributed by atoms with Gasteiger partial charge < -0.3 is 20.4 Å². The number of benzene rings is 2. The first-order valence-corrected chi connectivity index (χ1v) is 4.84. The normalized spacial score (nSPS) is 10.6. The van der Waals surface area contributed by atoms with Crippen LogP contribution in [0.2, 0.25) is 0 Å². The fourth-order valence-corrected chi connectivity index (χ4v) is 1.59. The molecule has 4 N–H and O–H groups in total. The average Bonchev–Trinajstić information content (AvgIpc) is 2.31. The SMILES string of the molecule is Oc1ccc(O)c(-c2c(O)cc(F)c(F)c2O)c1. The van der Waals surface area contributed by atoms with E-state index in [0.717, 1.165) is 18.2 Å². The summed E-state index contributed by atoms with van der Waals surface area (Å²) in [6.45, 7) is 0. The molecule has 0 unspecified atom stereocenters. The first-order chi connectivity index (χ1) is 8.41. The van der Waals surface area contributed by atoms with Gasteiger partial charge in [-0.15, -0.1) is 0 Å². The summed E-state index contributed by atoms with van der Waals surface area (Å²) in [5, 5.41) is 37.8. The Morgan fingerprint density at radius 3 is 2.17 bits per heavy atom. The van der Waals surface area contributed by atoms with Crippen molar-refractivity contribution in [3.8, 4) is 34.1 Å². The molecule has 2 rings (SSSR count). The van der Waals surface area contributed by atoms with Crippen molar-refractivity contribution in [3.63, 3.8) is 0 Å². The molecule has 0 heterocycles. The van der Waals surface area contributed by atoms with Crippen molar-refractivity contribution < 1.29 is 29.2 Å². The Morgan fingerprint density at radius 1 is 0.833 bits per heavy atom. The summed E-state index contributed by atoms with van der Waals surface area (Å²) in [4.78, 5) is 0. The van der Waals surface area contributed by atoms with Crippen molar-refractivity contribution in [2.75, 3.05) is 0 Å². The Labute approximate surface area is 100.0 Å². The van der Waals surface area contributed by atoms with Crippen molar-refractivity contribution >= 4 is 0 Å². The second kappa shape index (κ2) is 4.06. The molecule has 94 valence electrons. The lowest BCUT2D eigenvalue weighted by Gasteiger charge is -2.10. The topological polar surface area (TPSA) is 80.9 Å². The van der Waals surface area contributed by atoms with Crippen LogP contribution in [0.25, 0.3) is 11.1 Å². The van der Waals surface area contributed by atoms with E-state index < -0.39 is 34.4 Å². The van der Waals surface area contributed by atoms with Gasteiger partial charge in [0.25, 0.3) is 0 Å². The quantitative estimate of drug-likeness (QED) is 0.589. The molecule has 6 heteroatoms. The van der Waals surface area contributed by atoms with Gasteiger partial charge >= 0.3 is 0 Å².